The molecule has 1 atom stereocenters. The van der Waals surface area contributed by atoms with Crippen LogP contribution in [0.2, 0.25) is 0 Å². The van der Waals surface area contributed by atoms with Crippen LogP contribution in [0.3, 0.4) is 0 Å². The van der Waals surface area contributed by atoms with Crippen LogP contribution in [0.15, 0.2) is 16.5 Å². The van der Waals surface area contributed by atoms with Gasteiger partial charge in [0.2, 0.25) is 0 Å². The van der Waals surface area contributed by atoms with Gasteiger partial charge < -0.3 is 14.5 Å². The van der Waals surface area contributed by atoms with E-state index in [1.54, 1.807) is 0 Å². The molecule has 0 fully saturated rings. The van der Waals surface area contributed by atoms with Crippen LogP contribution < -0.4 is 5.32 Å². The van der Waals surface area contributed by atoms with Crippen LogP contribution >= 0.6 is 0 Å². The first kappa shape index (κ1) is 17.3. The van der Waals surface area contributed by atoms with Gasteiger partial charge in [-0.05, 0) is 24.5 Å². The number of nitrogens with one attached hydrogen (secondary N) is 1. The van der Waals surface area contributed by atoms with Crippen LogP contribution in [0.5, 0.6) is 0 Å². The first-order valence-electron chi connectivity index (χ1n) is 8.04. The highest BCUT2D eigenvalue weighted by atomic mass is 16.5. The van der Waals surface area contributed by atoms with Gasteiger partial charge in [-0.3, -0.25) is 0 Å². The van der Waals surface area contributed by atoms with Crippen molar-refractivity contribution in [2.45, 2.75) is 72.6 Å². The SMILES string of the molecule is CCCCC(CC)COCc1ccc(CNC(C)C)o1. The van der Waals surface area contributed by atoms with Crippen LogP contribution in [0.4, 0.5) is 0 Å². The molecule has 0 saturated heterocycles. The first-order valence-corrected chi connectivity index (χ1v) is 8.04. The molecular weight excluding hydrogens is 250 g/mol. The molecule has 3 nitrogen and oxygen atoms in total. The van der Waals surface area contributed by atoms with E-state index in [1.165, 1.54) is 25.7 Å². The molecule has 0 spiro atoms. The lowest BCUT2D eigenvalue weighted by Crippen LogP contribution is -2.21. The number of unbranched alkanes of at least 4 members (excludes halogenated alkanes) is 1. The minimum Gasteiger partial charge on any atom is -0.462 e. The van der Waals surface area contributed by atoms with Gasteiger partial charge in [0.25, 0.3) is 0 Å². The summed E-state index contributed by atoms with van der Waals surface area (Å²) in [5.41, 5.74) is 0. The number of ether oxygens (including phenoxy) is 1. The van der Waals surface area contributed by atoms with Crippen LogP contribution in [0, 0.1) is 5.92 Å². The molecule has 0 radical (unpaired) electrons. The zero-order valence-corrected chi connectivity index (χ0v) is 13.6. The molecule has 0 aliphatic rings. The topological polar surface area (TPSA) is 34.4 Å². The van der Waals surface area contributed by atoms with E-state index in [0.29, 0.717) is 18.6 Å². The van der Waals surface area contributed by atoms with E-state index in [4.69, 9.17) is 9.15 Å². The Hall–Kier alpha value is -0.800. The van der Waals surface area contributed by atoms with E-state index in [2.05, 4.69) is 33.0 Å². The summed E-state index contributed by atoms with van der Waals surface area (Å²) in [6.07, 6.45) is 5.03. The summed E-state index contributed by atoms with van der Waals surface area (Å²) in [4.78, 5) is 0. The van der Waals surface area contributed by atoms with E-state index in [-0.39, 0.29) is 0 Å². The molecule has 1 aromatic heterocycles. The predicted molar refractivity (Wildman–Crippen MR) is 83.6 cm³/mol. The Kier molecular flexibility index (Phi) is 8.63. The molecule has 1 heterocycles. The third-order valence-corrected chi connectivity index (χ3v) is 3.54. The molecule has 0 aliphatic carbocycles. The molecule has 3 heteroatoms. The highest BCUT2D eigenvalue weighted by Crippen LogP contribution is 2.15. The van der Waals surface area contributed by atoms with Gasteiger partial charge in [-0.15, -0.1) is 0 Å². The second-order valence-electron chi connectivity index (χ2n) is 5.84. The largest absolute Gasteiger partial charge is 0.462 e. The Bertz CT molecular complexity index is 347. The molecule has 0 aliphatic heterocycles. The molecular formula is C17H31NO2. The Morgan fingerprint density at radius 2 is 1.95 bits per heavy atom. The average Bonchev–Trinajstić information content (AvgIpc) is 2.88. The molecule has 1 unspecified atom stereocenters. The van der Waals surface area contributed by atoms with Crippen molar-refractivity contribution in [1.82, 2.24) is 5.32 Å². The van der Waals surface area contributed by atoms with E-state index >= 15 is 0 Å². The zero-order chi connectivity index (χ0) is 14.8. The number of hydrogen-bond donors (Lipinski definition) is 1. The van der Waals surface area contributed by atoms with Gasteiger partial charge in [-0.2, -0.15) is 0 Å². The second kappa shape index (κ2) is 10.0. The summed E-state index contributed by atoms with van der Waals surface area (Å²) in [5.74, 6) is 2.60. The maximum Gasteiger partial charge on any atom is 0.129 e. The zero-order valence-electron chi connectivity index (χ0n) is 13.6. The van der Waals surface area contributed by atoms with Gasteiger partial charge in [-0.1, -0.05) is 47.0 Å². The van der Waals surface area contributed by atoms with Crippen LogP contribution in [-0.2, 0) is 17.9 Å². The molecule has 0 aromatic carbocycles. The monoisotopic (exact) mass is 281 g/mol. The normalized spacial score (nSPS) is 13.1. The van der Waals surface area contributed by atoms with Crippen molar-refractivity contribution in [3.05, 3.63) is 23.7 Å². The van der Waals surface area contributed by atoms with Crippen LogP contribution in [0.25, 0.3) is 0 Å². The fraction of sp³-hybridized carbons (Fsp3) is 0.765. The minimum atomic E-state index is 0.476. The van der Waals surface area contributed by atoms with Crippen molar-refractivity contribution in [3.63, 3.8) is 0 Å². The Balaban J connectivity index is 2.24. The summed E-state index contributed by atoms with van der Waals surface area (Å²) in [6, 6.07) is 4.52. The van der Waals surface area contributed by atoms with Crippen molar-refractivity contribution >= 4 is 0 Å². The fourth-order valence-electron chi connectivity index (χ4n) is 2.12. The highest BCUT2D eigenvalue weighted by Gasteiger charge is 2.07. The summed E-state index contributed by atoms with van der Waals surface area (Å²) in [7, 11) is 0. The number of furan rings is 1. The van der Waals surface area contributed by atoms with Crippen molar-refractivity contribution in [3.8, 4) is 0 Å². The van der Waals surface area contributed by atoms with Crippen LogP contribution in [-0.4, -0.2) is 12.6 Å². The summed E-state index contributed by atoms with van der Waals surface area (Å²) in [5, 5.41) is 3.35. The van der Waals surface area contributed by atoms with Crippen molar-refractivity contribution in [2.24, 2.45) is 5.92 Å². The smallest absolute Gasteiger partial charge is 0.129 e. The lowest BCUT2D eigenvalue weighted by Gasteiger charge is -2.13. The van der Waals surface area contributed by atoms with Crippen LogP contribution in [0.1, 0.15) is 64.9 Å². The van der Waals surface area contributed by atoms with Gasteiger partial charge in [0.05, 0.1) is 6.54 Å². The molecule has 1 aromatic rings. The second-order valence-corrected chi connectivity index (χ2v) is 5.84. The molecule has 1 N–H and O–H groups in total. The summed E-state index contributed by atoms with van der Waals surface area (Å²) < 4.78 is 11.5. The third kappa shape index (κ3) is 7.11. The molecule has 0 bridgehead atoms. The van der Waals surface area contributed by atoms with E-state index in [1.807, 2.05) is 12.1 Å². The Morgan fingerprint density at radius 3 is 2.60 bits per heavy atom. The minimum absolute atomic E-state index is 0.476. The Morgan fingerprint density at radius 1 is 1.20 bits per heavy atom. The molecule has 20 heavy (non-hydrogen) atoms. The van der Waals surface area contributed by atoms with Crippen molar-refractivity contribution < 1.29 is 9.15 Å². The van der Waals surface area contributed by atoms with Gasteiger partial charge in [0.1, 0.15) is 18.1 Å². The predicted octanol–water partition coefficient (Wildman–Crippen LogP) is 4.51. The third-order valence-electron chi connectivity index (χ3n) is 3.54. The van der Waals surface area contributed by atoms with E-state index in [9.17, 15) is 0 Å². The lowest BCUT2D eigenvalue weighted by molar-refractivity contribution is 0.0702. The van der Waals surface area contributed by atoms with Gasteiger partial charge in [-0.25, -0.2) is 0 Å². The molecule has 1 rings (SSSR count). The quantitative estimate of drug-likeness (QED) is 0.648. The standard InChI is InChI=1S/C17H31NO2/c1-5-7-8-15(6-2)12-19-13-17-10-9-16(20-17)11-18-14(3)4/h9-10,14-15,18H,5-8,11-13H2,1-4H3. The van der Waals surface area contributed by atoms with E-state index in [0.717, 1.165) is 24.7 Å². The average molecular weight is 281 g/mol. The van der Waals surface area contributed by atoms with E-state index < -0.39 is 0 Å². The number of hydrogen-bond acceptors (Lipinski definition) is 3. The lowest BCUT2D eigenvalue weighted by atomic mass is 10.0. The van der Waals surface area contributed by atoms with Gasteiger partial charge >= 0.3 is 0 Å². The summed E-state index contributed by atoms with van der Waals surface area (Å²) >= 11 is 0. The first-order chi connectivity index (χ1) is 9.65. The Labute approximate surface area is 124 Å². The maximum atomic E-state index is 5.79. The fourth-order valence-corrected chi connectivity index (χ4v) is 2.12. The molecule has 116 valence electrons. The highest BCUT2D eigenvalue weighted by molar-refractivity contribution is 5.06. The molecule has 0 amide bonds. The summed E-state index contributed by atoms with van der Waals surface area (Å²) in [6.45, 7) is 11.0. The maximum absolute atomic E-state index is 5.79. The van der Waals surface area contributed by atoms with Gasteiger partial charge in [0.15, 0.2) is 0 Å². The molecule has 0 saturated carbocycles. The van der Waals surface area contributed by atoms with Gasteiger partial charge in [0, 0.05) is 12.6 Å². The number of rotatable bonds is 11. The van der Waals surface area contributed by atoms with Crippen molar-refractivity contribution in [1.29, 1.82) is 0 Å². The van der Waals surface area contributed by atoms with Crippen molar-refractivity contribution in [2.75, 3.05) is 6.61 Å².